The molecular formula is C15H18N2OS. The fourth-order valence-electron chi connectivity index (χ4n) is 1.81. The fraction of sp³-hybridized carbons (Fsp3) is 0.267. The minimum Gasteiger partial charge on any atom is -0.399 e. The van der Waals surface area contributed by atoms with Crippen molar-refractivity contribution in [1.82, 2.24) is 5.32 Å². The van der Waals surface area contributed by atoms with E-state index in [1.165, 1.54) is 10.4 Å². The van der Waals surface area contributed by atoms with Crippen LogP contribution in [0.2, 0.25) is 0 Å². The van der Waals surface area contributed by atoms with Gasteiger partial charge in [0.05, 0.1) is 0 Å². The van der Waals surface area contributed by atoms with Crippen molar-refractivity contribution in [1.29, 1.82) is 0 Å². The number of nitrogen functional groups attached to an aromatic ring is 1. The Labute approximate surface area is 117 Å². The minimum atomic E-state index is 0.115. The number of nitrogens with two attached hydrogens (primary N) is 1. The fourth-order valence-corrected chi connectivity index (χ4v) is 2.52. The summed E-state index contributed by atoms with van der Waals surface area (Å²) in [6.45, 7) is 0.674. The van der Waals surface area contributed by atoms with Crippen LogP contribution < -0.4 is 11.1 Å². The highest BCUT2D eigenvalue weighted by Gasteiger charge is 2.02. The number of carbonyl (C=O) groups is 1. The van der Waals surface area contributed by atoms with Crippen LogP contribution in [-0.2, 0) is 17.6 Å². The summed E-state index contributed by atoms with van der Waals surface area (Å²) in [5.74, 6) is 0.115. The van der Waals surface area contributed by atoms with Crippen LogP contribution in [0.3, 0.4) is 0 Å². The first-order valence-corrected chi connectivity index (χ1v) is 7.25. The largest absolute Gasteiger partial charge is 0.399 e. The van der Waals surface area contributed by atoms with E-state index in [4.69, 9.17) is 5.73 Å². The molecule has 0 fully saturated rings. The van der Waals surface area contributed by atoms with Gasteiger partial charge >= 0.3 is 0 Å². The molecule has 0 aliphatic carbocycles. The Hall–Kier alpha value is -1.81. The lowest BCUT2D eigenvalue weighted by atomic mass is 10.1. The van der Waals surface area contributed by atoms with Crippen molar-refractivity contribution >= 4 is 22.9 Å². The Morgan fingerprint density at radius 3 is 2.63 bits per heavy atom. The molecule has 0 aliphatic rings. The SMILES string of the molecule is Nc1ccc(CCNC(=O)CCc2cccs2)cc1. The van der Waals surface area contributed by atoms with Gasteiger partial charge in [0, 0.05) is 23.5 Å². The van der Waals surface area contributed by atoms with E-state index in [-0.39, 0.29) is 5.91 Å². The maximum Gasteiger partial charge on any atom is 0.220 e. The molecule has 0 saturated heterocycles. The van der Waals surface area contributed by atoms with E-state index in [0.717, 1.165) is 18.5 Å². The second-order valence-electron chi connectivity index (χ2n) is 4.42. The van der Waals surface area contributed by atoms with E-state index >= 15 is 0 Å². The lowest BCUT2D eigenvalue weighted by Gasteiger charge is -2.05. The first-order valence-electron chi connectivity index (χ1n) is 6.37. The zero-order chi connectivity index (χ0) is 13.5. The van der Waals surface area contributed by atoms with Crippen LogP contribution in [0.4, 0.5) is 5.69 Å². The van der Waals surface area contributed by atoms with Gasteiger partial charge in [-0.05, 0) is 42.0 Å². The Kier molecular flexibility index (Phi) is 4.98. The highest BCUT2D eigenvalue weighted by molar-refractivity contribution is 7.09. The molecule has 19 heavy (non-hydrogen) atoms. The lowest BCUT2D eigenvalue weighted by Crippen LogP contribution is -2.25. The average Bonchev–Trinajstić information content (AvgIpc) is 2.92. The molecule has 1 amide bonds. The number of aryl methyl sites for hydroxylation is 1. The molecule has 3 nitrogen and oxygen atoms in total. The Bertz CT molecular complexity index is 505. The molecular weight excluding hydrogens is 256 g/mol. The quantitative estimate of drug-likeness (QED) is 0.796. The zero-order valence-electron chi connectivity index (χ0n) is 10.8. The number of anilines is 1. The molecule has 0 radical (unpaired) electrons. The summed E-state index contributed by atoms with van der Waals surface area (Å²) in [6.07, 6.45) is 2.22. The van der Waals surface area contributed by atoms with Gasteiger partial charge in [-0.15, -0.1) is 11.3 Å². The van der Waals surface area contributed by atoms with Crippen LogP contribution in [0.25, 0.3) is 0 Å². The number of hydrogen-bond acceptors (Lipinski definition) is 3. The van der Waals surface area contributed by atoms with Gasteiger partial charge in [-0.1, -0.05) is 18.2 Å². The number of hydrogen-bond donors (Lipinski definition) is 2. The lowest BCUT2D eigenvalue weighted by molar-refractivity contribution is -0.121. The van der Waals surface area contributed by atoms with E-state index in [1.54, 1.807) is 11.3 Å². The summed E-state index contributed by atoms with van der Waals surface area (Å²) in [6, 6.07) is 11.8. The van der Waals surface area contributed by atoms with Crippen LogP contribution in [0.15, 0.2) is 41.8 Å². The van der Waals surface area contributed by atoms with E-state index in [1.807, 2.05) is 35.7 Å². The van der Waals surface area contributed by atoms with E-state index in [2.05, 4.69) is 11.4 Å². The average molecular weight is 274 g/mol. The molecule has 2 aromatic rings. The van der Waals surface area contributed by atoms with Crippen LogP contribution in [0.5, 0.6) is 0 Å². The Morgan fingerprint density at radius 1 is 1.16 bits per heavy atom. The Morgan fingerprint density at radius 2 is 1.95 bits per heavy atom. The molecule has 0 saturated carbocycles. The van der Waals surface area contributed by atoms with Crippen molar-refractivity contribution in [2.45, 2.75) is 19.3 Å². The van der Waals surface area contributed by atoms with Gasteiger partial charge in [0.25, 0.3) is 0 Å². The highest BCUT2D eigenvalue weighted by Crippen LogP contribution is 2.10. The van der Waals surface area contributed by atoms with Crippen molar-refractivity contribution in [3.63, 3.8) is 0 Å². The zero-order valence-corrected chi connectivity index (χ0v) is 11.6. The predicted molar refractivity (Wildman–Crippen MR) is 80.2 cm³/mol. The van der Waals surface area contributed by atoms with Gasteiger partial charge in [-0.25, -0.2) is 0 Å². The highest BCUT2D eigenvalue weighted by atomic mass is 32.1. The smallest absolute Gasteiger partial charge is 0.220 e. The third-order valence-corrected chi connectivity index (χ3v) is 3.83. The maximum absolute atomic E-state index is 11.7. The molecule has 0 unspecified atom stereocenters. The van der Waals surface area contributed by atoms with Crippen molar-refractivity contribution in [3.05, 3.63) is 52.2 Å². The van der Waals surface area contributed by atoms with Gasteiger partial charge < -0.3 is 11.1 Å². The summed E-state index contributed by atoms with van der Waals surface area (Å²) in [5.41, 5.74) is 7.58. The van der Waals surface area contributed by atoms with Crippen molar-refractivity contribution in [2.75, 3.05) is 12.3 Å². The monoisotopic (exact) mass is 274 g/mol. The molecule has 0 atom stereocenters. The third kappa shape index (κ3) is 4.75. The van der Waals surface area contributed by atoms with Gasteiger partial charge in [0.15, 0.2) is 0 Å². The first-order chi connectivity index (χ1) is 9.24. The molecule has 3 N–H and O–H groups in total. The van der Waals surface area contributed by atoms with Crippen molar-refractivity contribution in [3.8, 4) is 0 Å². The molecule has 1 heterocycles. The molecule has 1 aromatic heterocycles. The van der Waals surface area contributed by atoms with Gasteiger partial charge in [0.2, 0.25) is 5.91 Å². The maximum atomic E-state index is 11.7. The standard InChI is InChI=1S/C15H18N2OS/c16-13-5-3-12(4-6-13)9-10-17-15(18)8-7-14-2-1-11-19-14/h1-6,11H,7-10,16H2,(H,17,18). The molecule has 100 valence electrons. The topological polar surface area (TPSA) is 55.1 Å². The summed E-state index contributed by atoms with van der Waals surface area (Å²) in [5, 5.41) is 4.98. The minimum absolute atomic E-state index is 0.115. The van der Waals surface area contributed by atoms with Crippen LogP contribution in [0, 0.1) is 0 Å². The number of benzene rings is 1. The Balaban J connectivity index is 1.65. The van der Waals surface area contributed by atoms with Gasteiger partial charge in [-0.2, -0.15) is 0 Å². The number of thiophene rings is 1. The number of nitrogens with one attached hydrogen (secondary N) is 1. The van der Waals surface area contributed by atoms with Crippen LogP contribution in [0.1, 0.15) is 16.9 Å². The summed E-state index contributed by atoms with van der Waals surface area (Å²) in [7, 11) is 0. The molecule has 0 spiro atoms. The number of rotatable bonds is 6. The second kappa shape index (κ2) is 6.95. The number of amides is 1. The van der Waals surface area contributed by atoms with E-state index < -0.39 is 0 Å². The summed E-state index contributed by atoms with van der Waals surface area (Å²) >= 11 is 1.70. The van der Waals surface area contributed by atoms with Crippen molar-refractivity contribution < 1.29 is 4.79 Å². The second-order valence-corrected chi connectivity index (χ2v) is 5.45. The van der Waals surface area contributed by atoms with Gasteiger partial charge in [0.1, 0.15) is 0 Å². The molecule has 4 heteroatoms. The molecule has 2 rings (SSSR count). The molecule has 1 aromatic carbocycles. The molecule has 0 bridgehead atoms. The van der Waals surface area contributed by atoms with E-state index in [0.29, 0.717) is 13.0 Å². The first kappa shape index (κ1) is 13.6. The summed E-state index contributed by atoms with van der Waals surface area (Å²) < 4.78 is 0. The van der Waals surface area contributed by atoms with Gasteiger partial charge in [-0.3, -0.25) is 4.79 Å². The van der Waals surface area contributed by atoms with E-state index in [9.17, 15) is 4.79 Å². The normalized spacial score (nSPS) is 10.3. The summed E-state index contributed by atoms with van der Waals surface area (Å²) in [4.78, 5) is 12.9. The number of carbonyl (C=O) groups excluding carboxylic acids is 1. The van der Waals surface area contributed by atoms with Crippen LogP contribution in [-0.4, -0.2) is 12.5 Å². The molecule has 0 aliphatic heterocycles. The predicted octanol–water partition coefficient (Wildman–Crippen LogP) is 2.62. The van der Waals surface area contributed by atoms with Crippen LogP contribution >= 0.6 is 11.3 Å². The third-order valence-electron chi connectivity index (χ3n) is 2.89. The van der Waals surface area contributed by atoms with Crippen molar-refractivity contribution in [2.24, 2.45) is 0 Å².